The van der Waals surface area contributed by atoms with Crippen LogP contribution in [0.2, 0.25) is 0 Å². The van der Waals surface area contributed by atoms with Gasteiger partial charge in [-0.2, -0.15) is 0 Å². The second-order valence-corrected chi connectivity index (χ2v) is 11.5. The Labute approximate surface area is 265 Å². The number of aromatic nitrogens is 4. The molecule has 4 heteroatoms. The summed E-state index contributed by atoms with van der Waals surface area (Å²) < 4.78 is 0. The summed E-state index contributed by atoms with van der Waals surface area (Å²) in [6, 6.07) is 50.3. The van der Waals surface area contributed by atoms with Crippen molar-refractivity contribution in [1.82, 2.24) is 19.9 Å². The van der Waals surface area contributed by atoms with Crippen molar-refractivity contribution in [3.05, 3.63) is 158 Å². The molecule has 0 amide bonds. The summed E-state index contributed by atoms with van der Waals surface area (Å²) in [6.07, 6.45) is 3.83. The highest BCUT2D eigenvalue weighted by Crippen LogP contribution is 2.40. The topological polar surface area (TPSA) is 51.6 Å². The van der Waals surface area contributed by atoms with E-state index in [1.165, 1.54) is 16.2 Å². The first-order valence-corrected chi connectivity index (χ1v) is 15.4. The maximum absolute atomic E-state index is 5.40. The largest absolute Gasteiger partial charge is 0.264 e. The van der Waals surface area contributed by atoms with Gasteiger partial charge in [-0.1, -0.05) is 133 Å². The molecule has 0 spiro atoms. The van der Waals surface area contributed by atoms with Gasteiger partial charge in [0.1, 0.15) is 0 Å². The van der Waals surface area contributed by atoms with E-state index >= 15 is 0 Å². The van der Waals surface area contributed by atoms with Crippen LogP contribution in [0.15, 0.2) is 158 Å². The monoisotopic (exact) mass is 586 g/mol. The summed E-state index contributed by atoms with van der Waals surface area (Å²) in [7, 11) is 0. The summed E-state index contributed by atoms with van der Waals surface area (Å²) >= 11 is 0. The highest BCUT2D eigenvalue weighted by Gasteiger charge is 2.17. The zero-order valence-corrected chi connectivity index (χ0v) is 24.8. The van der Waals surface area contributed by atoms with E-state index in [-0.39, 0.29) is 0 Å². The molecule has 0 unspecified atom stereocenters. The lowest BCUT2D eigenvalue weighted by Gasteiger charge is -2.15. The van der Waals surface area contributed by atoms with Gasteiger partial charge in [0.15, 0.2) is 5.82 Å². The molecule has 0 saturated heterocycles. The molecule has 0 aliphatic heterocycles. The van der Waals surface area contributed by atoms with Gasteiger partial charge in [-0.3, -0.25) is 4.98 Å². The van der Waals surface area contributed by atoms with Crippen molar-refractivity contribution in [3.8, 4) is 45.2 Å². The number of fused-ring (bicyclic) bond motifs is 8. The highest BCUT2D eigenvalue weighted by molar-refractivity contribution is 6.31. The molecule has 0 aliphatic carbocycles. The lowest BCUT2D eigenvalue weighted by molar-refractivity contribution is 1.18. The Bertz CT molecular complexity index is 2500. The molecule has 214 valence electrons. The van der Waals surface area contributed by atoms with Crippen molar-refractivity contribution in [2.24, 2.45) is 0 Å². The molecule has 9 rings (SSSR count). The molecule has 0 saturated carbocycles. The lowest BCUT2D eigenvalue weighted by Crippen LogP contribution is -1.96. The number of benzene rings is 6. The fourth-order valence-electron chi connectivity index (χ4n) is 6.57. The van der Waals surface area contributed by atoms with Crippen LogP contribution in [0.25, 0.3) is 88.4 Å². The van der Waals surface area contributed by atoms with Crippen LogP contribution < -0.4 is 0 Å². The van der Waals surface area contributed by atoms with Gasteiger partial charge in [0.05, 0.1) is 22.6 Å². The second-order valence-electron chi connectivity index (χ2n) is 11.5. The number of rotatable bonds is 4. The third-order valence-corrected chi connectivity index (χ3v) is 8.76. The predicted octanol–water partition coefficient (Wildman–Crippen LogP) is 10.5. The highest BCUT2D eigenvalue weighted by atomic mass is 14.9. The van der Waals surface area contributed by atoms with E-state index in [0.29, 0.717) is 5.82 Å². The van der Waals surface area contributed by atoms with Gasteiger partial charge >= 0.3 is 0 Å². The van der Waals surface area contributed by atoms with E-state index in [2.05, 4.69) is 114 Å². The normalized spacial score (nSPS) is 11.5. The summed E-state index contributed by atoms with van der Waals surface area (Å²) in [5.41, 5.74) is 7.79. The van der Waals surface area contributed by atoms with Crippen LogP contribution in [-0.4, -0.2) is 19.9 Å². The Hall–Kier alpha value is -6.26. The van der Waals surface area contributed by atoms with E-state index < -0.39 is 0 Å². The van der Waals surface area contributed by atoms with Crippen LogP contribution in [0.5, 0.6) is 0 Å². The van der Waals surface area contributed by atoms with E-state index in [9.17, 15) is 0 Å². The zero-order valence-electron chi connectivity index (χ0n) is 24.8. The molecule has 0 aliphatic rings. The SMILES string of the molecule is c1ccc(-c2cc(-c3ccccc3)nc(-c3ccc(-c4nc5c6ccccc6c6ccccc6c5c5cnccc45)cc3)n2)cc1. The molecule has 0 radical (unpaired) electrons. The number of nitrogens with zero attached hydrogens (tertiary/aromatic N) is 4. The molecular weight excluding hydrogens is 560 g/mol. The Kier molecular flexibility index (Phi) is 6.10. The smallest absolute Gasteiger partial charge is 0.160 e. The number of pyridine rings is 2. The Morgan fingerprint density at radius 1 is 0.370 bits per heavy atom. The first kappa shape index (κ1) is 26.2. The van der Waals surface area contributed by atoms with E-state index in [0.717, 1.165) is 66.4 Å². The molecule has 46 heavy (non-hydrogen) atoms. The minimum Gasteiger partial charge on any atom is -0.264 e. The summed E-state index contributed by atoms with van der Waals surface area (Å²) in [4.78, 5) is 20.0. The minimum absolute atomic E-state index is 0.685. The van der Waals surface area contributed by atoms with Gasteiger partial charge < -0.3 is 0 Å². The van der Waals surface area contributed by atoms with E-state index in [1.54, 1.807) is 0 Å². The molecular formula is C42H26N4. The predicted molar refractivity (Wildman–Crippen MR) is 189 cm³/mol. The van der Waals surface area contributed by atoms with Crippen LogP contribution in [0.4, 0.5) is 0 Å². The average molecular weight is 587 g/mol. The third-order valence-electron chi connectivity index (χ3n) is 8.76. The quantitative estimate of drug-likeness (QED) is 0.193. The number of hydrogen-bond donors (Lipinski definition) is 0. The molecule has 0 fully saturated rings. The molecule has 4 nitrogen and oxygen atoms in total. The van der Waals surface area contributed by atoms with Gasteiger partial charge in [-0.25, -0.2) is 15.0 Å². The van der Waals surface area contributed by atoms with Gasteiger partial charge in [0.2, 0.25) is 0 Å². The molecule has 3 heterocycles. The van der Waals surface area contributed by atoms with Crippen LogP contribution >= 0.6 is 0 Å². The van der Waals surface area contributed by atoms with E-state index in [1.807, 2.05) is 48.8 Å². The van der Waals surface area contributed by atoms with Crippen molar-refractivity contribution in [2.45, 2.75) is 0 Å². The maximum atomic E-state index is 5.40. The van der Waals surface area contributed by atoms with Crippen LogP contribution in [0.3, 0.4) is 0 Å². The van der Waals surface area contributed by atoms with Crippen LogP contribution in [0.1, 0.15) is 0 Å². The van der Waals surface area contributed by atoms with Crippen molar-refractivity contribution in [1.29, 1.82) is 0 Å². The fourth-order valence-corrected chi connectivity index (χ4v) is 6.57. The van der Waals surface area contributed by atoms with Crippen LogP contribution in [0, 0.1) is 0 Å². The van der Waals surface area contributed by atoms with Crippen molar-refractivity contribution in [2.75, 3.05) is 0 Å². The Morgan fingerprint density at radius 3 is 1.57 bits per heavy atom. The third kappa shape index (κ3) is 4.31. The van der Waals surface area contributed by atoms with Crippen molar-refractivity contribution >= 4 is 43.2 Å². The maximum Gasteiger partial charge on any atom is 0.160 e. The molecule has 0 atom stereocenters. The lowest BCUT2D eigenvalue weighted by atomic mass is 9.93. The zero-order chi connectivity index (χ0) is 30.5. The van der Waals surface area contributed by atoms with Gasteiger partial charge in [0.25, 0.3) is 0 Å². The van der Waals surface area contributed by atoms with Crippen molar-refractivity contribution in [3.63, 3.8) is 0 Å². The molecule has 0 bridgehead atoms. The molecule has 0 N–H and O–H groups in total. The second kappa shape index (κ2) is 10.7. The van der Waals surface area contributed by atoms with Gasteiger partial charge in [0, 0.05) is 56.2 Å². The minimum atomic E-state index is 0.685. The van der Waals surface area contributed by atoms with Crippen molar-refractivity contribution < 1.29 is 0 Å². The van der Waals surface area contributed by atoms with Crippen LogP contribution in [-0.2, 0) is 0 Å². The Balaban J connectivity index is 1.23. The molecule has 9 aromatic rings. The number of hydrogen-bond acceptors (Lipinski definition) is 4. The summed E-state index contributed by atoms with van der Waals surface area (Å²) in [6.45, 7) is 0. The van der Waals surface area contributed by atoms with E-state index in [4.69, 9.17) is 15.0 Å². The Morgan fingerprint density at radius 2 is 0.913 bits per heavy atom. The summed E-state index contributed by atoms with van der Waals surface area (Å²) in [5, 5.41) is 8.06. The first-order chi connectivity index (χ1) is 22.8. The standard InChI is InChI=1S/C42H26N4/c1-3-11-27(12-4-1)37-25-38(28-13-5-2-6-14-28)45-42(44-37)30-21-19-29(20-22-30)40-35-23-24-43-26-36(35)39-33-17-9-7-15-31(33)32-16-8-10-18-34(32)41(39)46-40/h1-26H. The average Bonchev–Trinajstić information content (AvgIpc) is 3.15. The van der Waals surface area contributed by atoms with Gasteiger partial charge in [-0.15, -0.1) is 0 Å². The van der Waals surface area contributed by atoms with Gasteiger partial charge in [-0.05, 0) is 28.3 Å². The molecule has 3 aromatic heterocycles. The summed E-state index contributed by atoms with van der Waals surface area (Å²) in [5.74, 6) is 0.685. The fraction of sp³-hybridized carbons (Fsp3) is 0. The molecule has 6 aromatic carbocycles. The first-order valence-electron chi connectivity index (χ1n) is 15.4.